The highest BCUT2D eigenvalue weighted by molar-refractivity contribution is 9.10. The molecule has 0 aliphatic rings. The standard InChI is InChI=1S/C13H14BrN3O2S/c1-8-5-10(15)7-11(6-8)20(18,19)17-13-4-3-12(14)9(2)16-13/h3-7H,15H2,1-2H3,(H,16,17). The van der Waals surface area contributed by atoms with Crippen LogP contribution in [0.4, 0.5) is 11.5 Å². The Morgan fingerprint density at radius 2 is 1.90 bits per heavy atom. The van der Waals surface area contributed by atoms with Gasteiger partial charge >= 0.3 is 0 Å². The number of sulfonamides is 1. The summed E-state index contributed by atoms with van der Waals surface area (Å²) in [5.41, 5.74) is 7.57. The van der Waals surface area contributed by atoms with Crippen molar-refractivity contribution in [3.05, 3.63) is 46.1 Å². The highest BCUT2D eigenvalue weighted by Crippen LogP contribution is 2.21. The zero-order valence-corrected chi connectivity index (χ0v) is 13.4. The molecule has 5 nitrogen and oxygen atoms in total. The van der Waals surface area contributed by atoms with Crippen molar-refractivity contribution in [3.63, 3.8) is 0 Å². The van der Waals surface area contributed by atoms with Crippen molar-refractivity contribution in [3.8, 4) is 0 Å². The Balaban J connectivity index is 2.37. The lowest BCUT2D eigenvalue weighted by atomic mass is 10.2. The Morgan fingerprint density at radius 3 is 2.50 bits per heavy atom. The molecule has 0 fully saturated rings. The zero-order chi connectivity index (χ0) is 14.9. The van der Waals surface area contributed by atoms with E-state index in [9.17, 15) is 8.42 Å². The van der Waals surface area contributed by atoms with Crippen molar-refractivity contribution in [2.45, 2.75) is 18.7 Å². The number of aryl methyl sites for hydroxylation is 2. The van der Waals surface area contributed by atoms with Gasteiger partial charge in [-0.2, -0.15) is 0 Å². The number of nitrogen functional groups attached to an aromatic ring is 1. The number of hydrogen-bond donors (Lipinski definition) is 2. The number of benzene rings is 1. The van der Waals surface area contributed by atoms with Crippen LogP contribution in [0.5, 0.6) is 0 Å². The maximum Gasteiger partial charge on any atom is 0.263 e. The highest BCUT2D eigenvalue weighted by atomic mass is 79.9. The van der Waals surface area contributed by atoms with Crippen molar-refractivity contribution in [1.29, 1.82) is 0 Å². The second-order valence-corrected chi connectivity index (χ2v) is 6.99. The van der Waals surface area contributed by atoms with Gasteiger partial charge in [-0.15, -0.1) is 0 Å². The van der Waals surface area contributed by atoms with Gasteiger partial charge in [0, 0.05) is 10.2 Å². The number of anilines is 2. The van der Waals surface area contributed by atoms with Gasteiger partial charge in [0.1, 0.15) is 5.82 Å². The molecule has 0 spiro atoms. The van der Waals surface area contributed by atoms with Gasteiger partial charge in [-0.3, -0.25) is 4.72 Å². The Hall–Kier alpha value is -1.60. The van der Waals surface area contributed by atoms with Crippen LogP contribution >= 0.6 is 15.9 Å². The molecule has 0 bridgehead atoms. The molecule has 0 aliphatic carbocycles. The summed E-state index contributed by atoms with van der Waals surface area (Å²) < 4.78 is 27.8. The minimum absolute atomic E-state index is 0.123. The summed E-state index contributed by atoms with van der Waals surface area (Å²) in [6, 6.07) is 8.02. The molecule has 20 heavy (non-hydrogen) atoms. The highest BCUT2D eigenvalue weighted by Gasteiger charge is 2.16. The Morgan fingerprint density at radius 1 is 1.20 bits per heavy atom. The van der Waals surface area contributed by atoms with Crippen LogP contribution in [-0.4, -0.2) is 13.4 Å². The first-order valence-corrected chi connectivity index (χ1v) is 8.09. The van der Waals surface area contributed by atoms with Crippen LogP contribution in [0.15, 0.2) is 39.7 Å². The monoisotopic (exact) mass is 355 g/mol. The van der Waals surface area contributed by atoms with E-state index in [0.29, 0.717) is 11.4 Å². The molecule has 7 heteroatoms. The molecule has 1 heterocycles. The summed E-state index contributed by atoms with van der Waals surface area (Å²) in [6.45, 7) is 3.57. The van der Waals surface area contributed by atoms with Gasteiger partial charge in [0.05, 0.1) is 10.6 Å². The number of hydrogen-bond acceptors (Lipinski definition) is 4. The number of pyridine rings is 1. The molecule has 0 saturated heterocycles. The van der Waals surface area contributed by atoms with Crippen LogP contribution in [-0.2, 0) is 10.0 Å². The molecule has 0 aliphatic heterocycles. The lowest BCUT2D eigenvalue weighted by Crippen LogP contribution is -2.14. The van der Waals surface area contributed by atoms with Gasteiger partial charge < -0.3 is 5.73 Å². The number of nitrogens with zero attached hydrogens (tertiary/aromatic N) is 1. The number of halogens is 1. The molecular formula is C13H14BrN3O2S. The minimum atomic E-state index is -3.70. The molecule has 0 atom stereocenters. The van der Waals surface area contributed by atoms with Crippen LogP contribution in [0.3, 0.4) is 0 Å². The van der Waals surface area contributed by atoms with Gasteiger partial charge in [0.15, 0.2) is 0 Å². The first kappa shape index (κ1) is 14.8. The number of nitrogens with one attached hydrogen (secondary N) is 1. The molecule has 1 aromatic carbocycles. The summed E-state index contributed by atoms with van der Waals surface area (Å²) in [5.74, 6) is 0.269. The Labute approximate surface area is 126 Å². The van der Waals surface area contributed by atoms with E-state index in [1.54, 1.807) is 38.1 Å². The summed E-state index contributed by atoms with van der Waals surface area (Å²) in [7, 11) is -3.70. The molecule has 0 radical (unpaired) electrons. The summed E-state index contributed by atoms with van der Waals surface area (Å²) >= 11 is 3.32. The van der Waals surface area contributed by atoms with Gasteiger partial charge in [0.25, 0.3) is 10.0 Å². The topological polar surface area (TPSA) is 85.1 Å². The van der Waals surface area contributed by atoms with E-state index >= 15 is 0 Å². The van der Waals surface area contributed by atoms with E-state index in [1.165, 1.54) is 6.07 Å². The number of nitrogens with two attached hydrogens (primary N) is 1. The molecule has 0 unspecified atom stereocenters. The van der Waals surface area contributed by atoms with Crippen molar-refractivity contribution in [2.24, 2.45) is 0 Å². The Kier molecular flexibility index (Phi) is 4.01. The zero-order valence-electron chi connectivity index (χ0n) is 11.0. The molecule has 2 aromatic rings. The van der Waals surface area contributed by atoms with Gasteiger partial charge in [-0.25, -0.2) is 13.4 Å². The lowest BCUT2D eigenvalue weighted by Gasteiger charge is -2.10. The van der Waals surface area contributed by atoms with Crippen LogP contribution in [0.1, 0.15) is 11.3 Å². The minimum Gasteiger partial charge on any atom is -0.399 e. The Bertz CT molecular complexity index is 740. The van der Waals surface area contributed by atoms with E-state index < -0.39 is 10.0 Å². The predicted octanol–water partition coefficient (Wildman–Crippen LogP) is 2.84. The van der Waals surface area contributed by atoms with Crippen molar-refractivity contribution in [1.82, 2.24) is 4.98 Å². The predicted molar refractivity (Wildman–Crippen MR) is 83.1 cm³/mol. The molecule has 0 amide bonds. The van der Waals surface area contributed by atoms with Crippen LogP contribution in [0.25, 0.3) is 0 Å². The van der Waals surface area contributed by atoms with E-state index in [-0.39, 0.29) is 10.7 Å². The van der Waals surface area contributed by atoms with Gasteiger partial charge in [-0.05, 0) is 65.7 Å². The summed E-state index contributed by atoms with van der Waals surface area (Å²) in [6.07, 6.45) is 0. The van der Waals surface area contributed by atoms with E-state index in [0.717, 1.165) is 10.0 Å². The third kappa shape index (κ3) is 3.29. The first-order valence-electron chi connectivity index (χ1n) is 5.81. The third-order valence-corrected chi connectivity index (χ3v) is 4.82. The maximum absolute atomic E-state index is 12.3. The quantitative estimate of drug-likeness (QED) is 0.829. The summed E-state index contributed by atoms with van der Waals surface area (Å²) in [5, 5.41) is 0. The van der Waals surface area contributed by atoms with E-state index in [2.05, 4.69) is 25.6 Å². The molecule has 1 aromatic heterocycles. The number of rotatable bonds is 3. The third-order valence-electron chi connectivity index (χ3n) is 2.64. The fourth-order valence-corrected chi connectivity index (χ4v) is 3.09. The van der Waals surface area contributed by atoms with Crippen molar-refractivity contribution in [2.75, 3.05) is 10.5 Å². The van der Waals surface area contributed by atoms with Gasteiger partial charge in [0.2, 0.25) is 0 Å². The van der Waals surface area contributed by atoms with Crippen LogP contribution in [0.2, 0.25) is 0 Å². The van der Waals surface area contributed by atoms with Crippen LogP contribution < -0.4 is 10.5 Å². The second-order valence-electron chi connectivity index (χ2n) is 4.45. The smallest absolute Gasteiger partial charge is 0.263 e. The first-order chi connectivity index (χ1) is 9.28. The molecule has 2 rings (SSSR count). The van der Waals surface area contributed by atoms with Crippen LogP contribution in [0, 0.1) is 13.8 Å². The maximum atomic E-state index is 12.3. The van der Waals surface area contributed by atoms with E-state index in [4.69, 9.17) is 5.73 Å². The second kappa shape index (κ2) is 5.41. The SMILES string of the molecule is Cc1cc(N)cc(S(=O)(=O)Nc2ccc(Br)c(C)n2)c1. The average Bonchev–Trinajstić information content (AvgIpc) is 2.32. The fourth-order valence-electron chi connectivity index (χ4n) is 1.73. The molecule has 3 N–H and O–H groups in total. The molecule has 106 valence electrons. The largest absolute Gasteiger partial charge is 0.399 e. The normalized spacial score (nSPS) is 11.3. The lowest BCUT2D eigenvalue weighted by molar-refractivity contribution is 0.601. The average molecular weight is 356 g/mol. The molecule has 0 saturated carbocycles. The van der Waals surface area contributed by atoms with Crippen molar-refractivity contribution < 1.29 is 8.42 Å². The fraction of sp³-hybridized carbons (Fsp3) is 0.154. The molecular weight excluding hydrogens is 342 g/mol. The van der Waals surface area contributed by atoms with Gasteiger partial charge in [-0.1, -0.05) is 0 Å². The number of aromatic nitrogens is 1. The van der Waals surface area contributed by atoms with E-state index in [1.807, 2.05) is 0 Å². The van der Waals surface area contributed by atoms with Crippen molar-refractivity contribution >= 4 is 37.5 Å². The summed E-state index contributed by atoms with van der Waals surface area (Å²) in [4.78, 5) is 4.28.